The van der Waals surface area contributed by atoms with Crippen LogP contribution in [0.2, 0.25) is 0 Å². The number of unbranched alkanes of at least 4 members (excludes halogenated alkanes) is 2. The number of hydrogen-bond acceptors (Lipinski definition) is 26. The van der Waals surface area contributed by atoms with Crippen molar-refractivity contribution in [2.45, 2.75) is 318 Å². The van der Waals surface area contributed by atoms with Gasteiger partial charge in [-0.1, -0.05) is 123 Å². The van der Waals surface area contributed by atoms with Crippen LogP contribution in [0.15, 0.2) is 36.4 Å². The number of ether oxygens (including phenoxy) is 14. The highest BCUT2D eigenvalue weighted by molar-refractivity contribution is 5.87. The first-order valence-corrected chi connectivity index (χ1v) is 33.0. The zero-order valence-corrected chi connectivity index (χ0v) is 53.9. The lowest BCUT2D eigenvalue weighted by atomic mass is 9.95. The van der Waals surface area contributed by atoms with Crippen molar-refractivity contribution in [2.24, 2.45) is 11.8 Å². The zero-order chi connectivity index (χ0) is 66.2. The maximum absolute atomic E-state index is 14.3. The molecular formula is C65H102O26. The standard InChI is InChI=1S/C65H102O26/c1-10-13-20-27-40-28-23-17-15-14-16-18-24-29-42(67)85-56-49(74)51(36(7)80-63(56)90-55-47(72)45(70)41(32-66)83-64(55)82-40)88-65-58(87-60(77)34(5)12-3)57(91-61-48(73)46(71)44(69)35(6)78-61)53(38(9)81-65)89-62-50(75)54(52(37(8)79-62)86-59(76)33(4)11-2)84-43(68)31-30-39-25-21-19-22-26-39/h19,21-22,25-26,30-31,33-38,40-41,44-58,61-66,69-75H,10-18,20,23-24,27-29,32H2,1-9H3/b31-30+/t33-,34-,35-,36-,37-,38-,40?,41+,44-,45+,46+,47-,48+,49+,50+,51-,52-,53-,54-,55+,56+,57+,58+,61-,62-,63-,64+,65-/m0/s1. The van der Waals surface area contributed by atoms with Crippen LogP contribution >= 0.6 is 0 Å². The molecule has 1 aromatic carbocycles. The van der Waals surface area contributed by atoms with E-state index in [1.54, 1.807) is 58.0 Å². The highest BCUT2D eigenvalue weighted by Crippen LogP contribution is 2.40. The molecule has 0 amide bonds. The van der Waals surface area contributed by atoms with Gasteiger partial charge < -0.3 is 107 Å². The Labute approximate surface area is 533 Å². The van der Waals surface area contributed by atoms with E-state index in [2.05, 4.69) is 6.92 Å². The van der Waals surface area contributed by atoms with Gasteiger partial charge in [0.25, 0.3) is 0 Å². The number of aliphatic hydroxyl groups is 8. The zero-order valence-electron chi connectivity index (χ0n) is 53.9. The maximum atomic E-state index is 14.3. The van der Waals surface area contributed by atoms with Gasteiger partial charge in [0.1, 0.15) is 73.2 Å². The molecule has 91 heavy (non-hydrogen) atoms. The van der Waals surface area contributed by atoms with Crippen LogP contribution in [-0.4, -0.2) is 231 Å². The highest BCUT2D eigenvalue weighted by atomic mass is 16.8. The summed E-state index contributed by atoms with van der Waals surface area (Å²) in [6, 6.07) is 8.84. The number of benzene rings is 1. The molecule has 0 bridgehead atoms. The van der Waals surface area contributed by atoms with Crippen LogP contribution in [0.1, 0.15) is 164 Å². The Morgan fingerprint density at radius 3 is 1.77 bits per heavy atom. The SMILES string of the molecule is CCCCCC1CCCCCCCCCC(=O)O[C@H]2[C@H](O[C@H]3[C@H](O1)O[C@H](CO)[C@@H](O)[C@@H]3O)O[C@@H](C)[C@H](O[C@@H]1O[C@@H](C)[C@H](O[C@@H]3O[C@@H](C)[C@H](OC(=O)[C@@H](C)CC)[C@@H](OC(=O)/C=C/c4ccccc4)[C@H]3O)[C@@H](O[C@@H]3O[C@@H](C)[C@H](O)[C@@H](O)[C@H]3O)[C@H]1OC(=O)[C@@H](C)CC)[C@H]2O. The summed E-state index contributed by atoms with van der Waals surface area (Å²) >= 11 is 0. The van der Waals surface area contributed by atoms with Gasteiger partial charge in [-0.2, -0.15) is 0 Å². The molecule has 26 heteroatoms. The molecular weight excluding hydrogens is 1200 g/mol. The summed E-state index contributed by atoms with van der Waals surface area (Å²) in [6.45, 7) is 14.1. The van der Waals surface area contributed by atoms with Gasteiger partial charge in [-0.25, -0.2) is 4.79 Å². The van der Waals surface area contributed by atoms with Gasteiger partial charge in [-0.3, -0.25) is 14.4 Å². The van der Waals surface area contributed by atoms with Gasteiger partial charge >= 0.3 is 23.9 Å². The number of esters is 4. The van der Waals surface area contributed by atoms with Gasteiger partial charge in [0.05, 0.1) is 49.0 Å². The molecule has 0 radical (unpaired) electrons. The van der Waals surface area contributed by atoms with E-state index in [-0.39, 0.29) is 18.9 Å². The van der Waals surface area contributed by atoms with E-state index < -0.39 is 196 Å². The van der Waals surface area contributed by atoms with Crippen LogP contribution in [0.5, 0.6) is 0 Å². The smallest absolute Gasteiger partial charge is 0.331 e. The van der Waals surface area contributed by atoms with Crippen LogP contribution in [0.3, 0.4) is 0 Å². The monoisotopic (exact) mass is 1300 g/mol. The molecule has 7 rings (SSSR count). The molecule has 6 aliphatic heterocycles. The molecule has 0 spiro atoms. The summed E-state index contributed by atoms with van der Waals surface area (Å²) in [6.07, 6.45) is -27.9. The van der Waals surface area contributed by atoms with Crippen molar-refractivity contribution in [2.75, 3.05) is 6.61 Å². The fourth-order valence-corrected chi connectivity index (χ4v) is 12.0. The van der Waals surface area contributed by atoms with Crippen molar-refractivity contribution in [3.8, 4) is 0 Å². The number of carbonyl (C=O) groups excluding carboxylic acids is 4. The van der Waals surface area contributed by atoms with Crippen molar-refractivity contribution < 1.29 is 126 Å². The second-order valence-electron chi connectivity index (χ2n) is 25.2. The number of aliphatic hydroxyl groups excluding tert-OH is 8. The molecule has 6 heterocycles. The third-order valence-corrected chi connectivity index (χ3v) is 18.2. The van der Waals surface area contributed by atoms with Crippen LogP contribution in [0.25, 0.3) is 6.08 Å². The van der Waals surface area contributed by atoms with Crippen LogP contribution in [-0.2, 0) is 85.5 Å². The van der Waals surface area contributed by atoms with Gasteiger partial charge in [0.2, 0.25) is 0 Å². The van der Waals surface area contributed by atoms with E-state index in [9.17, 15) is 60.0 Å². The summed E-state index contributed by atoms with van der Waals surface area (Å²) < 4.78 is 88.6. The van der Waals surface area contributed by atoms with Gasteiger partial charge in [-0.05, 0) is 71.4 Å². The minimum Gasteiger partial charge on any atom is -0.455 e. The number of carbonyl (C=O) groups is 4. The minimum absolute atomic E-state index is 0.0679. The van der Waals surface area contributed by atoms with Gasteiger partial charge in [-0.15, -0.1) is 0 Å². The molecule has 518 valence electrons. The molecule has 0 saturated carbocycles. The topological polar surface area (TPSA) is 359 Å². The minimum atomic E-state index is -1.96. The van der Waals surface area contributed by atoms with Crippen molar-refractivity contribution in [1.29, 1.82) is 0 Å². The number of hydrogen-bond donors (Lipinski definition) is 8. The average Bonchev–Trinajstić information content (AvgIpc) is 0.959. The van der Waals surface area contributed by atoms with E-state index >= 15 is 0 Å². The van der Waals surface area contributed by atoms with Crippen molar-refractivity contribution in [1.82, 2.24) is 0 Å². The third kappa shape index (κ3) is 19.6. The molecule has 8 N–H and O–H groups in total. The molecule has 0 aliphatic carbocycles. The summed E-state index contributed by atoms with van der Waals surface area (Å²) in [5, 5.41) is 91.8. The molecule has 26 nitrogen and oxygen atoms in total. The Balaban J connectivity index is 1.24. The van der Waals surface area contributed by atoms with E-state index in [1.807, 2.05) is 0 Å². The Bertz CT molecular complexity index is 2400. The summed E-state index contributed by atoms with van der Waals surface area (Å²) in [5.41, 5.74) is 0.655. The normalized spacial score (nSPS) is 40.6. The van der Waals surface area contributed by atoms with Crippen molar-refractivity contribution >= 4 is 30.0 Å². The largest absolute Gasteiger partial charge is 0.455 e. The Morgan fingerprint density at radius 1 is 0.538 bits per heavy atom. The van der Waals surface area contributed by atoms with Gasteiger partial charge in [0, 0.05) is 12.5 Å². The molecule has 6 aliphatic rings. The lowest BCUT2D eigenvalue weighted by Crippen LogP contribution is -2.68. The molecule has 28 atom stereocenters. The molecule has 1 unspecified atom stereocenters. The van der Waals surface area contributed by atoms with E-state index in [1.165, 1.54) is 33.8 Å². The Morgan fingerprint density at radius 2 is 1.11 bits per heavy atom. The molecule has 6 saturated heterocycles. The van der Waals surface area contributed by atoms with Crippen LogP contribution in [0, 0.1) is 11.8 Å². The van der Waals surface area contributed by atoms with Crippen LogP contribution < -0.4 is 0 Å². The summed E-state index contributed by atoms with van der Waals surface area (Å²) in [4.78, 5) is 55.2. The van der Waals surface area contributed by atoms with E-state index in [0.29, 0.717) is 37.7 Å². The lowest BCUT2D eigenvalue weighted by molar-refractivity contribution is -0.400. The fourth-order valence-electron chi connectivity index (χ4n) is 12.0. The second kappa shape index (κ2) is 35.7. The van der Waals surface area contributed by atoms with E-state index in [0.717, 1.165) is 57.4 Å². The fraction of sp³-hybridized carbons (Fsp3) is 0.815. The van der Waals surface area contributed by atoms with Crippen molar-refractivity contribution in [3.63, 3.8) is 0 Å². The van der Waals surface area contributed by atoms with Crippen molar-refractivity contribution in [3.05, 3.63) is 42.0 Å². The quantitative estimate of drug-likeness (QED) is 0.0399. The molecule has 1 aromatic rings. The van der Waals surface area contributed by atoms with E-state index in [4.69, 9.17) is 66.3 Å². The Hall–Kier alpha value is -3.88. The third-order valence-electron chi connectivity index (χ3n) is 18.2. The first-order valence-electron chi connectivity index (χ1n) is 33.0. The first kappa shape index (κ1) is 74.5. The number of fused-ring (bicyclic) bond motifs is 2. The summed E-state index contributed by atoms with van der Waals surface area (Å²) in [5.74, 6) is -4.55. The lowest BCUT2D eigenvalue weighted by Gasteiger charge is -2.51. The first-order chi connectivity index (χ1) is 43.5. The highest BCUT2D eigenvalue weighted by Gasteiger charge is 2.59. The predicted molar refractivity (Wildman–Crippen MR) is 319 cm³/mol. The number of rotatable bonds is 20. The second-order valence-corrected chi connectivity index (χ2v) is 25.2. The Kier molecular flexibility index (Phi) is 29.3. The molecule has 6 fully saturated rings. The average molecular weight is 1300 g/mol. The summed E-state index contributed by atoms with van der Waals surface area (Å²) in [7, 11) is 0. The van der Waals surface area contributed by atoms with Crippen LogP contribution in [0.4, 0.5) is 0 Å². The molecule has 0 aromatic heterocycles. The maximum Gasteiger partial charge on any atom is 0.331 e. The predicted octanol–water partition coefficient (Wildman–Crippen LogP) is 3.69. The van der Waals surface area contributed by atoms with Gasteiger partial charge in [0.15, 0.2) is 55.9 Å².